The van der Waals surface area contributed by atoms with E-state index in [4.69, 9.17) is 5.73 Å². The molecule has 2 aliphatic rings. The Balaban J connectivity index is 1.81. The molecule has 104 valence electrons. The molecule has 2 atom stereocenters. The van der Waals surface area contributed by atoms with Gasteiger partial charge in [0.25, 0.3) is 0 Å². The van der Waals surface area contributed by atoms with Gasteiger partial charge in [-0.05, 0) is 43.7 Å². The van der Waals surface area contributed by atoms with Crippen molar-refractivity contribution in [3.63, 3.8) is 0 Å². The highest BCUT2D eigenvalue weighted by molar-refractivity contribution is 5.78. The van der Waals surface area contributed by atoms with Gasteiger partial charge >= 0.3 is 0 Å². The summed E-state index contributed by atoms with van der Waals surface area (Å²) in [4.78, 5) is 16.6. The Kier molecular flexibility index (Phi) is 4.28. The van der Waals surface area contributed by atoms with Crippen molar-refractivity contribution < 1.29 is 4.79 Å². The Hall–Kier alpha value is -0.610. The van der Waals surface area contributed by atoms with Gasteiger partial charge in [0, 0.05) is 19.6 Å². The molecule has 0 aliphatic carbocycles. The summed E-state index contributed by atoms with van der Waals surface area (Å²) < 4.78 is 0. The number of carbonyl (C=O) groups is 1. The van der Waals surface area contributed by atoms with E-state index in [2.05, 4.69) is 18.7 Å². The molecule has 0 aromatic heterocycles. The van der Waals surface area contributed by atoms with Gasteiger partial charge in [-0.15, -0.1) is 0 Å². The highest BCUT2D eigenvalue weighted by Gasteiger charge is 2.34. The lowest BCUT2D eigenvalue weighted by molar-refractivity contribution is -0.133. The minimum absolute atomic E-state index is 0.218. The molecular weight excluding hydrogens is 226 g/mol. The van der Waals surface area contributed by atoms with E-state index in [-0.39, 0.29) is 5.41 Å². The molecule has 2 unspecified atom stereocenters. The summed E-state index contributed by atoms with van der Waals surface area (Å²) in [7, 11) is 0. The van der Waals surface area contributed by atoms with Crippen molar-refractivity contribution in [3.8, 4) is 0 Å². The third-order valence-electron chi connectivity index (χ3n) is 4.50. The van der Waals surface area contributed by atoms with Gasteiger partial charge in [-0.3, -0.25) is 9.69 Å². The van der Waals surface area contributed by atoms with Gasteiger partial charge in [-0.25, -0.2) is 0 Å². The normalized spacial score (nSPS) is 33.9. The number of piperidine rings is 1. The van der Waals surface area contributed by atoms with Crippen molar-refractivity contribution in [1.29, 1.82) is 0 Å². The highest BCUT2D eigenvalue weighted by atomic mass is 16.2. The lowest BCUT2D eigenvalue weighted by atomic mass is 9.90. The molecular formula is C14H27N3O. The summed E-state index contributed by atoms with van der Waals surface area (Å²) in [5.74, 6) is 0.971. The molecule has 1 amide bonds. The largest absolute Gasteiger partial charge is 0.341 e. The molecule has 4 nitrogen and oxygen atoms in total. The van der Waals surface area contributed by atoms with Crippen LogP contribution in [0.15, 0.2) is 0 Å². The average molecular weight is 253 g/mol. The summed E-state index contributed by atoms with van der Waals surface area (Å²) in [5.41, 5.74) is 6.02. The van der Waals surface area contributed by atoms with E-state index in [1.54, 1.807) is 0 Å². The smallest absolute Gasteiger partial charge is 0.236 e. The Morgan fingerprint density at radius 3 is 2.83 bits per heavy atom. The molecule has 0 aromatic carbocycles. The number of nitrogens with zero attached hydrogens (tertiary/aromatic N) is 2. The van der Waals surface area contributed by atoms with Gasteiger partial charge in [-0.1, -0.05) is 13.8 Å². The molecule has 2 rings (SSSR count). The lowest BCUT2D eigenvalue weighted by Crippen LogP contribution is -2.44. The van der Waals surface area contributed by atoms with Crippen molar-refractivity contribution in [2.24, 2.45) is 17.1 Å². The topological polar surface area (TPSA) is 49.6 Å². The molecule has 0 bridgehead atoms. The number of carbonyl (C=O) groups excluding carboxylic acids is 1. The molecule has 18 heavy (non-hydrogen) atoms. The molecule has 2 heterocycles. The van der Waals surface area contributed by atoms with E-state index in [9.17, 15) is 4.79 Å². The Bertz CT molecular complexity index is 307. The quantitative estimate of drug-likeness (QED) is 0.813. The van der Waals surface area contributed by atoms with Gasteiger partial charge in [-0.2, -0.15) is 0 Å². The Labute approximate surface area is 110 Å². The maximum Gasteiger partial charge on any atom is 0.236 e. The van der Waals surface area contributed by atoms with E-state index in [0.717, 1.165) is 45.6 Å². The third-order valence-corrected chi connectivity index (χ3v) is 4.50. The van der Waals surface area contributed by atoms with Crippen molar-refractivity contribution in [2.75, 3.05) is 39.3 Å². The Morgan fingerprint density at radius 2 is 2.22 bits per heavy atom. The molecule has 2 aliphatic heterocycles. The van der Waals surface area contributed by atoms with E-state index in [1.165, 1.54) is 6.42 Å². The van der Waals surface area contributed by atoms with Crippen LogP contribution in [0.4, 0.5) is 0 Å². The predicted octanol–water partition coefficient (Wildman–Crippen LogP) is 0.916. The first-order chi connectivity index (χ1) is 8.52. The van der Waals surface area contributed by atoms with E-state index < -0.39 is 0 Å². The minimum atomic E-state index is 0.218. The van der Waals surface area contributed by atoms with E-state index >= 15 is 0 Å². The third kappa shape index (κ3) is 3.23. The average Bonchev–Trinajstić information content (AvgIpc) is 2.72. The first-order valence-corrected chi connectivity index (χ1v) is 7.23. The summed E-state index contributed by atoms with van der Waals surface area (Å²) in [5, 5.41) is 0. The monoisotopic (exact) mass is 253 g/mol. The molecule has 2 fully saturated rings. The molecule has 0 spiro atoms. The number of hydrogen-bond donors (Lipinski definition) is 1. The van der Waals surface area contributed by atoms with Crippen LogP contribution in [0.2, 0.25) is 0 Å². The van der Waals surface area contributed by atoms with Gasteiger partial charge in [0.15, 0.2) is 0 Å². The van der Waals surface area contributed by atoms with Crippen LogP contribution in [-0.4, -0.2) is 55.0 Å². The van der Waals surface area contributed by atoms with Crippen LogP contribution in [0.3, 0.4) is 0 Å². The van der Waals surface area contributed by atoms with E-state index in [1.807, 2.05) is 4.90 Å². The second kappa shape index (κ2) is 5.57. The van der Waals surface area contributed by atoms with Crippen LogP contribution in [0.5, 0.6) is 0 Å². The number of nitrogens with two attached hydrogens (primary N) is 1. The maximum absolute atomic E-state index is 12.3. The van der Waals surface area contributed by atoms with Crippen LogP contribution in [0.1, 0.15) is 33.1 Å². The number of rotatable bonds is 3. The number of amides is 1. The molecule has 2 saturated heterocycles. The lowest BCUT2D eigenvalue weighted by Gasteiger charge is -2.32. The summed E-state index contributed by atoms with van der Waals surface area (Å²) in [6.07, 6.45) is 3.54. The fraction of sp³-hybridized carbons (Fsp3) is 0.929. The first-order valence-electron chi connectivity index (χ1n) is 7.23. The molecule has 0 radical (unpaired) electrons. The van der Waals surface area contributed by atoms with Gasteiger partial charge < -0.3 is 10.6 Å². The zero-order valence-corrected chi connectivity index (χ0v) is 11.8. The molecule has 4 heteroatoms. The molecule has 2 N–H and O–H groups in total. The van der Waals surface area contributed by atoms with Crippen LogP contribution in [0.25, 0.3) is 0 Å². The van der Waals surface area contributed by atoms with Gasteiger partial charge in [0.05, 0.1) is 6.54 Å². The van der Waals surface area contributed by atoms with Crippen molar-refractivity contribution in [1.82, 2.24) is 9.80 Å². The van der Waals surface area contributed by atoms with Gasteiger partial charge in [0.2, 0.25) is 5.91 Å². The van der Waals surface area contributed by atoms with Crippen LogP contribution >= 0.6 is 0 Å². The second-order valence-corrected chi connectivity index (χ2v) is 6.56. The van der Waals surface area contributed by atoms with Crippen molar-refractivity contribution >= 4 is 5.91 Å². The zero-order chi connectivity index (χ0) is 13.2. The number of hydrogen-bond acceptors (Lipinski definition) is 3. The Morgan fingerprint density at radius 1 is 1.44 bits per heavy atom. The standard InChI is InChI=1S/C14H27N3O/c1-12-4-3-6-17(8-12)13(18)9-16-7-5-14(2,10-15)11-16/h12H,3-11,15H2,1-2H3. The van der Waals surface area contributed by atoms with E-state index in [0.29, 0.717) is 18.4 Å². The zero-order valence-electron chi connectivity index (χ0n) is 11.8. The van der Waals surface area contributed by atoms with Crippen LogP contribution in [-0.2, 0) is 4.79 Å². The molecule has 0 saturated carbocycles. The first kappa shape index (κ1) is 13.8. The minimum Gasteiger partial charge on any atom is -0.341 e. The van der Waals surface area contributed by atoms with Crippen LogP contribution < -0.4 is 5.73 Å². The van der Waals surface area contributed by atoms with Crippen molar-refractivity contribution in [3.05, 3.63) is 0 Å². The van der Waals surface area contributed by atoms with Gasteiger partial charge in [0.1, 0.15) is 0 Å². The molecule has 0 aromatic rings. The summed E-state index contributed by atoms with van der Waals surface area (Å²) in [6, 6.07) is 0. The fourth-order valence-electron chi connectivity index (χ4n) is 3.13. The fourth-order valence-corrected chi connectivity index (χ4v) is 3.13. The number of likely N-dealkylation sites (tertiary alicyclic amines) is 2. The van der Waals surface area contributed by atoms with Crippen molar-refractivity contribution in [2.45, 2.75) is 33.1 Å². The predicted molar refractivity (Wildman–Crippen MR) is 73.2 cm³/mol. The second-order valence-electron chi connectivity index (χ2n) is 6.56. The van der Waals surface area contributed by atoms with Crippen LogP contribution in [0, 0.1) is 11.3 Å². The highest BCUT2D eigenvalue weighted by Crippen LogP contribution is 2.28. The SMILES string of the molecule is CC1CCCN(C(=O)CN2CCC(C)(CN)C2)C1. The maximum atomic E-state index is 12.3. The summed E-state index contributed by atoms with van der Waals surface area (Å²) >= 11 is 0. The summed E-state index contributed by atoms with van der Waals surface area (Å²) in [6.45, 7) is 9.65.